The van der Waals surface area contributed by atoms with Gasteiger partial charge in [0.25, 0.3) is 5.91 Å². The lowest BCUT2D eigenvalue weighted by molar-refractivity contribution is -0.123. The zero-order chi connectivity index (χ0) is 22.8. The summed E-state index contributed by atoms with van der Waals surface area (Å²) in [5.41, 5.74) is 5.33. The second-order valence-corrected chi connectivity index (χ2v) is 8.12. The van der Waals surface area contributed by atoms with E-state index in [2.05, 4.69) is 15.3 Å². The molecule has 1 heterocycles. The van der Waals surface area contributed by atoms with Crippen LogP contribution in [0.2, 0.25) is 5.02 Å². The molecule has 0 saturated heterocycles. The Hall–Kier alpha value is -3.64. The van der Waals surface area contributed by atoms with Gasteiger partial charge in [-0.15, -0.1) is 0 Å². The van der Waals surface area contributed by atoms with Crippen LogP contribution in [0.5, 0.6) is 0 Å². The minimum atomic E-state index is -0.985. The van der Waals surface area contributed by atoms with Gasteiger partial charge in [-0.05, 0) is 56.7 Å². The second kappa shape index (κ2) is 8.85. The van der Waals surface area contributed by atoms with Crippen molar-refractivity contribution >= 4 is 40.2 Å². The molecule has 1 amide bonds. The van der Waals surface area contributed by atoms with Gasteiger partial charge in [0.05, 0.1) is 16.6 Å². The van der Waals surface area contributed by atoms with Crippen molar-refractivity contribution in [1.82, 2.24) is 9.97 Å². The first-order valence-electron chi connectivity index (χ1n) is 10.1. The lowest BCUT2D eigenvalue weighted by Crippen LogP contribution is -2.30. The SMILES string of the molecule is Cc1ccc(-c2nc3ccc(C(=O)OC(C)C(=O)Nc4cc(Cl)ccc4C)cc3[nH]2)cc1. The number of aromatic amines is 1. The number of nitrogens with one attached hydrogen (secondary N) is 2. The number of hydrogen-bond acceptors (Lipinski definition) is 4. The topological polar surface area (TPSA) is 84.1 Å². The van der Waals surface area contributed by atoms with Crippen LogP contribution in [0.1, 0.15) is 28.4 Å². The van der Waals surface area contributed by atoms with Crippen molar-refractivity contribution in [3.05, 3.63) is 82.4 Å². The normalized spacial score (nSPS) is 11.9. The highest BCUT2D eigenvalue weighted by Gasteiger charge is 2.20. The molecule has 4 aromatic rings. The standard InChI is InChI=1S/C25H22ClN3O3/c1-14-4-7-17(8-5-14)23-27-20-11-9-18(12-22(20)28-23)25(31)32-16(3)24(30)29-21-13-19(26)10-6-15(21)2/h4-13,16H,1-3H3,(H,27,28)(H,29,30). The smallest absolute Gasteiger partial charge is 0.338 e. The third-order valence-electron chi connectivity index (χ3n) is 5.15. The maximum atomic E-state index is 12.6. The predicted octanol–water partition coefficient (Wildman–Crippen LogP) is 5.68. The van der Waals surface area contributed by atoms with Crippen LogP contribution in [0.25, 0.3) is 22.4 Å². The average Bonchev–Trinajstić information content (AvgIpc) is 3.20. The molecule has 4 rings (SSSR count). The number of hydrogen-bond donors (Lipinski definition) is 2. The van der Waals surface area contributed by atoms with Crippen LogP contribution in [0.4, 0.5) is 5.69 Å². The number of halogens is 1. The van der Waals surface area contributed by atoms with Crippen LogP contribution >= 0.6 is 11.6 Å². The molecule has 6 nitrogen and oxygen atoms in total. The van der Waals surface area contributed by atoms with Gasteiger partial charge < -0.3 is 15.0 Å². The molecule has 7 heteroatoms. The first-order chi connectivity index (χ1) is 15.3. The number of fused-ring (bicyclic) bond motifs is 1. The maximum Gasteiger partial charge on any atom is 0.338 e. The summed E-state index contributed by atoms with van der Waals surface area (Å²) < 4.78 is 5.38. The van der Waals surface area contributed by atoms with Crippen LogP contribution in [0.15, 0.2) is 60.7 Å². The largest absolute Gasteiger partial charge is 0.449 e. The molecule has 3 aromatic carbocycles. The van der Waals surface area contributed by atoms with Gasteiger partial charge in [0.15, 0.2) is 6.10 Å². The Morgan fingerprint density at radius 2 is 1.78 bits per heavy atom. The van der Waals surface area contributed by atoms with Crippen molar-refractivity contribution in [1.29, 1.82) is 0 Å². The fourth-order valence-corrected chi connectivity index (χ4v) is 3.40. The van der Waals surface area contributed by atoms with Crippen LogP contribution in [0, 0.1) is 13.8 Å². The third-order valence-corrected chi connectivity index (χ3v) is 5.39. The highest BCUT2D eigenvalue weighted by molar-refractivity contribution is 6.31. The van der Waals surface area contributed by atoms with Gasteiger partial charge in [0, 0.05) is 16.3 Å². The van der Waals surface area contributed by atoms with E-state index in [1.165, 1.54) is 12.5 Å². The van der Waals surface area contributed by atoms with E-state index < -0.39 is 18.0 Å². The summed E-state index contributed by atoms with van der Waals surface area (Å²) in [6.07, 6.45) is -0.985. The highest BCUT2D eigenvalue weighted by Crippen LogP contribution is 2.23. The van der Waals surface area contributed by atoms with Crippen LogP contribution in [-0.2, 0) is 9.53 Å². The zero-order valence-corrected chi connectivity index (χ0v) is 18.7. The maximum absolute atomic E-state index is 12.6. The molecule has 0 saturated carbocycles. The molecule has 0 spiro atoms. The van der Waals surface area contributed by atoms with Crippen molar-refractivity contribution in [2.24, 2.45) is 0 Å². The number of nitrogens with zero attached hydrogens (tertiary/aromatic N) is 1. The number of anilines is 1. The molecule has 2 N–H and O–H groups in total. The van der Waals surface area contributed by atoms with Gasteiger partial charge in [-0.25, -0.2) is 9.78 Å². The van der Waals surface area contributed by atoms with Crippen LogP contribution in [0.3, 0.4) is 0 Å². The van der Waals surface area contributed by atoms with Gasteiger partial charge in [-0.2, -0.15) is 0 Å². The highest BCUT2D eigenvalue weighted by atomic mass is 35.5. The van der Waals surface area contributed by atoms with Crippen LogP contribution in [-0.4, -0.2) is 27.9 Å². The lowest BCUT2D eigenvalue weighted by atomic mass is 10.1. The monoisotopic (exact) mass is 447 g/mol. The Bertz CT molecular complexity index is 1310. The molecule has 162 valence electrons. The van der Waals surface area contributed by atoms with Gasteiger partial charge >= 0.3 is 5.97 Å². The summed E-state index contributed by atoms with van der Waals surface area (Å²) in [4.78, 5) is 32.9. The lowest BCUT2D eigenvalue weighted by Gasteiger charge is -2.15. The van der Waals surface area contributed by atoms with E-state index >= 15 is 0 Å². The first-order valence-corrected chi connectivity index (χ1v) is 10.5. The summed E-state index contributed by atoms with van der Waals surface area (Å²) in [7, 11) is 0. The molecule has 1 unspecified atom stereocenters. The fourth-order valence-electron chi connectivity index (χ4n) is 3.23. The quantitative estimate of drug-likeness (QED) is 0.385. The average molecular weight is 448 g/mol. The number of aryl methyl sites for hydroxylation is 2. The number of esters is 1. The number of carbonyl (C=O) groups excluding carboxylic acids is 2. The minimum Gasteiger partial charge on any atom is -0.449 e. The summed E-state index contributed by atoms with van der Waals surface area (Å²) in [5, 5.41) is 3.25. The third kappa shape index (κ3) is 4.65. The molecular weight excluding hydrogens is 426 g/mol. The second-order valence-electron chi connectivity index (χ2n) is 7.68. The van der Waals surface area contributed by atoms with Gasteiger partial charge in [0.2, 0.25) is 0 Å². The summed E-state index contributed by atoms with van der Waals surface area (Å²) in [6, 6.07) is 18.3. The molecule has 0 bridgehead atoms. The summed E-state index contributed by atoms with van der Waals surface area (Å²) in [5.74, 6) is -0.313. The summed E-state index contributed by atoms with van der Waals surface area (Å²) in [6.45, 7) is 5.40. The molecule has 0 aliphatic heterocycles. The first kappa shape index (κ1) is 21.6. The minimum absolute atomic E-state index is 0.329. The molecule has 0 fully saturated rings. The number of rotatable bonds is 5. The molecular formula is C25H22ClN3O3. The molecule has 0 aliphatic rings. The number of H-pyrrole nitrogens is 1. The van der Waals surface area contributed by atoms with Crippen molar-refractivity contribution < 1.29 is 14.3 Å². The molecule has 1 atom stereocenters. The number of imidazole rings is 1. The molecule has 0 aliphatic carbocycles. The number of benzene rings is 3. The Morgan fingerprint density at radius 1 is 1.03 bits per heavy atom. The van der Waals surface area contributed by atoms with Crippen molar-refractivity contribution in [3.8, 4) is 11.4 Å². The number of aromatic nitrogens is 2. The Balaban J connectivity index is 1.47. The molecule has 1 aromatic heterocycles. The molecule has 32 heavy (non-hydrogen) atoms. The van der Waals surface area contributed by atoms with E-state index in [-0.39, 0.29) is 0 Å². The Morgan fingerprint density at radius 3 is 2.53 bits per heavy atom. The zero-order valence-electron chi connectivity index (χ0n) is 17.9. The van der Waals surface area contributed by atoms with Crippen molar-refractivity contribution in [2.75, 3.05) is 5.32 Å². The van der Waals surface area contributed by atoms with E-state index in [1.807, 2.05) is 38.1 Å². The van der Waals surface area contributed by atoms with Crippen LogP contribution < -0.4 is 5.32 Å². The fraction of sp³-hybridized carbons (Fsp3) is 0.160. The van der Waals surface area contributed by atoms with Gasteiger partial charge in [-0.3, -0.25) is 4.79 Å². The summed E-state index contributed by atoms with van der Waals surface area (Å²) >= 11 is 5.99. The van der Waals surface area contributed by atoms with Gasteiger partial charge in [-0.1, -0.05) is 47.5 Å². The van der Waals surface area contributed by atoms with E-state index in [1.54, 1.807) is 36.4 Å². The Kier molecular flexibility index (Phi) is 5.97. The van der Waals surface area contributed by atoms with E-state index in [4.69, 9.17) is 16.3 Å². The van der Waals surface area contributed by atoms with Crippen molar-refractivity contribution in [2.45, 2.75) is 26.9 Å². The number of carbonyl (C=O) groups is 2. The van der Waals surface area contributed by atoms with E-state index in [0.717, 1.165) is 22.5 Å². The number of ether oxygens (including phenoxy) is 1. The van der Waals surface area contributed by atoms with E-state index in [0.29, 0.717) is 21.8 Å². The van der Waals surface area contributed by atoms with Crippen molar-refractivity contribution in [3.63, 3.8) is 0 Å². The van der Waals surface area contributed by atoms with Gasteiger partial charge in [0.1, 0.15) is 5.82 Å². The Labute approximate surface area is 190 Å². The predicted molar refractivity (Wildman–Crippen MR) is 126 cm³/mol. The number of amides is 1. The molecule has 0 radical (unpaired) electrons. The van der Waals surface area contributed by atoms with E-state index in [9.17, 15) is 9.59 Å².